The maximum Gasteiger partial charge on any atom is 0.222 e. The zero-order valence-corrected chi connectivity index (χ0v) is 5.04. The largest absolute Gasteiger partial charge is 0.545 e. The molecule has 0 aromatic heterocycles. The standard InChI is InChI=1S/C4H6ClFO2/c1-2-4(5,6)3(7)8/h2H2,1H3,(H,7,8)/p-1. The minimum absolute atomic E-state index is 0.281. The number of alkyl halides is 2. The van der Waals surface area contributed by atoms with Crippen LogP contribution >= 0.6 is 11.6 Å². The van der Waals surface area contributed by atoms with E-state index in [9.17, 15) is 14.3 Å². The van der Waals surface area contributed by atoms with E-state index < -0.39 is 11.1 Å². The van der Waals surface area contributed by atoms with Crippen molar-refractivity contribution in [1.29, 1.82) is 0 Å². The van der Waals surface area contributed by atoms with Gasteiger partial charge in [0.1, 0.15) is 0 Å². The summed E-state index contributed by atoms with van der Waals surface area (Å²) in [6.07, 6.45) is -0.281. The van der Waals surface area contributed by atoms with Crippen molar-refractivity contribution in [2.45, 2.75) is 18.5 Å². The highest BCUT2D eigenvalue weighted by molar-refractivity contribution is 6.31. The Morgan fingerprint density at radius 3 is 2.38 bits per heavy atom. The van der Waals surface area contributed by atoms with Crippen LogP contribution in [-0.4, -0.2) is 11.1 Å². The minimum Gasteiger partial charge on any atom is -0.545 e. The highest BCUT2D eigenvalue weighted by Crippen LogP contribution is 2.19. The smallest absolute Gasteiger partial charge is 0.222 e. The third-order valence-electron chi connectivity index (χ3n) is 0.743. The predicted octanol–water partition coefficient (Wildman–Crippen LogP) is 0.0509. The van der Waals surface area contributed by atoms with Crippen LogP contribution < -0.4 is 5.11 Å². The van der Waals surface area contributed by atoms with Crippen LogP contribution in [0.5, 0.6) is 0 Å². The fraction of sp³-hybridized carbons (Fsp3) is 0.750. The molecule has 0 N–H and O–H groups in total. The maximum absolute atomic E-state index is 12.0. The topological polar surface area (TPSA) is 40.1 Å². The Labute approximate surface area is 51.3 Å². The van der Waals surface area contributed by atoms with Crippen molar-refractivity contribution in [3.05, 3.63) is 0 Å². The van der Waals surface area contributed by atoms with Crippen LogP contribution in [0.4, 0.5) is 4.39 Å². The molecule has 48 valence electrons. The van der Waals surface area contributed by atoms with Crippen LogP contribution in [0.25, 0.3) is 0 Å². The van der Waals surface area contributed by atoms with E-state index in [1.165, 1.54) is 6.92 Å². The van der Waals surface area contributed by atoms with Crippen molar-refractivity contribution in [3.63, 3.8) is 0 Å². The molecule has 0 aromatic rings. The third kappa shape index (κ3) is 1.66. The molecule has 0 aliphatic carbocycles. The first-order valence-electron chi connectivity index (χ1n) is 2.10. The van der Waals surface area contributed by atoms with Crippen LogP contribution in [0.2, 0.25) is 0 Å². The normalized spacial score (nSPS) is 17.4. The van der Waals surface area contributed by atoms with Crippen LogP contribution in [0.3, 0.4) is 0 Å². The van der Waals surface area contributed by atoms with Gasteiger partial charge in [0.2, 0.25) is 5.13 Å². The SMILES string of the molecule is CCC(F)(Cl)C(=O)[O-]. The van der Waals surface area contributed by atoms with E-state index in [1.807, 2.05) is 0 Å². The fourth-order valence-electron chi connectivity index (χ4n) is 0.144. The summed E-state index contributed by atoms with van der Waals surface area (Å²) >= 11 is 4.73. The van der Waals surface area contributed by atoms with E-state index in [0.29, 0.717) is 0 Å². The molecule has 0 saturated heterocycles. The van der Waals surface area contributed by atoms with Gasteiger partial charge in [0, 0.05) is 0 Å². The molecule has 2 nitrogen and oxygen atoms in total. The Morgan fingerprint density at radius 2 is 2.38 bits per heavy atom. The lowest BCUT2D eigenvalue weighted by Gasteiger charge is -2.15. The molecule has 0 saturated carbocycles. The molecular weight excluding hydrogens is 134 g/mol. The highest BCUT2D eigenvalue weighted by atomic mass is 35.5. The number of carboxylic acids is 1. The second kappa shape index (κ2) is 2.31. The molecular formula is C4H5ClFO2-. The average Bonchev–Trinajstić information content (AvgIpc) is 1.67. The second-order valence-electron chi connectivity index (χ2n) is 1.35. The summed E-state index contributed by atoms with van der Waals surface area (Å²) in [4.78, 5) is 9.63. The van der Waals surface area contributed by atoms with Crippen molar-refractivity contribution in [2.24, 2.45) is 0 Å². The summed E-state index contributed by atoms with van der Waals surface area (Å²) in [5, 5.41) is 6.95. The lowest BCUT2D eigenvalue weighted by molar-refractivity contribution is -0.314. The van der Waals surface area contributed by atoms with Gasteiger partial charge in [0.15, 0.2) is 0 Å². The summed E-state index contributed by atoms with van der Waals surface area (Å²) in [6.45, 7) is 1.32. The molecule has 0 amide bonds. The van der Waals surface area contributed by atoms with Gasteiger partial charge >= 0.3 is 0 Å². The number of hydrogen-bond donors (Lipinski definition) is 0. The first-order valence-corrected chi connectivity index (χ1v) is 2.47. The number of hydrogen-bond acceptors (Lipinski definition) is 2. The Morgan fingerprint density at radius 1 is 2.00 bits per heavy atom. The van der Waals surface area contributed by atoms with Crippen molar-refractivity contribution in [1.82, 2.24) is 0 Å². The van der Waals surface area contributed by atoms with Crippen LogP contribution in [-0.2, 0) is 4.79 Å². The average molecular weight is 140 g/mol. The van der Waals surface area contributed by atoms with E-state index in [-0.39, 0.29) is 6.42 Å². The van der Waals surface area contributed by atoms with Gasteiger partial charge in [0.05, 0.1) is 5.97 Å². The van der Waals surface area contributed by atoms with Crippen LogP contribution in [0, 0.1) is 0 Å². The maximum atomic E-state index is 12.0. The zero-order valence-electron chi connectivity index (χ0n) is 4.28. The number of carbonyl (C=O) groups is 1. The number of aliphatic carboxylic acids is 1. The molecule has 0 fully saturated rings. The second-order valence-corrected chi connectivity index (χ2v) is 1.94. The molecule has 1 unspecified atom stereocenters. The van der Waals surface area contributed by atoms with Crippen LogP contribution in [0.1, 0.15) is 13.3 Å². The van der Waals surface area contributed by atoms with Gasteiger partial charge in [-0.3, -0.25) is 0 Å². The molecule has 0 aliphatic heterocycles. The first-order chi connectivity index (χ1) is 3.50. The summed E-state index contributed by atoms with van der Waals surface area (Å²) in [7, 11) is 0. The minimum atomic E-state index is -2.68. The quantitative estimate of drug-likeness (QED) is 0.508. The number of halogens is 2. The monoisotopic (exact) mass is 139 g/mol. The van der Waals surface area contributed by atoms with Gasteiger partial charge in [-0.05, 0) is 6.42 Å². The Kier molecular flexibility index (Phi) is 2.22. The third-order valence-corrected chi connectivity index (χ3v) is 1.16. The number of rotatable bonds is 2. The molecule has 8 heavy (non-hydrogen) atoms. The highest BCUT2D eigenvalue weighted by Gasteiger charge is 2.24. The Hall–Kier alpha value is -0.310. The van der Waals surface area contributed by atoms with Gasteiger partial charge in [-0.15, -0.1) is 0 Å². The van der Waals surface area contributed by atoms with Crippen LogP contribution in [0.15, 0.2) is 0 Å². The van der Waals surface area contributed by atoms with Gasteiger partial charge < -0.3 is 9.90 Å². The molecule has 4 heteroatoms. The van der Waals surface area contributed by atoms with E-state index in [4.69, 9.17) is 11.6 Å². The van der Waals surface area contributed by atoms with E-state index >= 15 is 0 Å². The number of carboxylic acid groups (broad SMARTS) is 1. The lowest BCUT2D eigenvalue weighted by atomic mass is 10.3. The molecule has 0 spiro atoms. The zero-order chi connectivity index (χ0) is 6.78. The molecule has 1 atom stereocenters. The summed E-state index contributed by atoms with van der Waals surface area (Å²) in [5.74, 6) is -1.87. The van der Waals surface area contributed by atoms with Gasteiger partial charge in [-0.2, -0.15) is 0 Å². The van der Waals surface area contributed by atoms with Gasteiger partial charge in [-0.1, -0.05) is 18.5 Å². The molecule has 0 aliphatic rings. The van der Waals surface area contributed by atoms with Crippen molar-refractivity contribution < 1.29 is 14.3 Å². The van der Waals surface area contributed by atoms with Gasteiger partial charge in [-0.25, -0.2) is 4.39 Å². The van der Waals surface area contributed by atoms with Gasteiger partial charge in [0.25, 0.3) is 0 Å². The molecule has 0 heterocycles. The fourth-order valence-corrected chi connectivity index (χ4v) is 0.144. The molecule has 0 aromatic carbocycles. The van der Waals surface area contributed by atoms with E-state index in [0.717, 1.165) is 0 Å². The van der Waals surface area contributed by atoms with Crippen molar-refractivity contribution in [3.8, 4) is 0 Å². The molecule has 0 rings (SSSR count). The molecule has 0 bridgehead atoms. The van der Waals surface area contributed by atoms with Crippen molar-refractivity contribution >= 4 is 17.6 Å². The summed E-state index contributed by atoms with van der Waals surface area (Å²) < 4.78 is 12.0. The Balaban J connectivity index is 3.91. The van der Waals surface area contributed by atoms with Crippen molar-refractivity contribution in [2.75, 3.05) is 0 Å². The summed E-state index contributed by atoms with van der Waals surface area (Å²) in [5.41, 5.74) is 0. The molecule has 0 radical (unpaired) electrons. The first kappa shape index (κ1) is 7.69. The lowest BCUT2D eigenvalue weighted by Crippen LogP contribution is -2.39. The number of carbonyl (C=O) groups excluding carboxylic acids is 1. The van der Waals surface area contributed by atoms with E-state index in [1.54, 1.807) is 0 Å². The Bertz CT molecular complexity index is 102. The van der Waals surface area contributed by atoms with E-state index in [2.05, 4.69) is 0 Å². The predicted molar refractivity (Wildman–Crippen MR) is 25.0 cm³/mol. The summed E-state index contributed by atoms with van der Waals surface area (Å²) in [6, 6.07) is 0.